The minimum absolute atomic E-state index is 0.0845. The monoisotopic (exact) mass is 276 g/mol. The van der Waals surface area contributed by atoms with Gasteiger partial charge in [-0.25, -0.2) is 0 Å². The zero-order chi connectivity index (χ0) is 14.7. The van der Waals surface area contributed by atoms with Gasteiger partial charge in [-0.2, -0.15) is 0 Å². The second-order valence-corrected chi connectivity index (χ2v) is 5.05. The molecule has 0 saturated carbocycles. The molecule has 0 atom stereocenters. The second kappa shape index (κ2) is 5.80. The molecule has 3 rings (SSSR count). The van der Waals surface area contributed by atoms with Gasteiger partial charge in [-0.15, -0.1) is 0 Å². The minimum atomic E-state index is 0.0845. The molecule has 2 nitrogen and oxygen atoms in total. The summed E-state index contributed by atoms with van der Waals surface area (Å²) in [4.78, 5) is 11.4. The molecule has 104 valence electrons. The van der Waals surface area contributed by atoms with Gasteiger partial charge in [-0.3, -0.25) is 4.79 Å². The smallest absolute Gasteiger partial charge is 0.159 e. The molecule has 0 spiro atoms. The van der Waals surface area contributed by atoms with E-state index in [-0.39, 0.29) is 5.78 Å². The van der Waals surface area contributed by atoms with Crippen LogP contribution in [0.3, 0.4) is 0 Å². The predicted octanol–water partition coefficient (Wildman–Crippen LogP) is 4.62. The van der Waals surface area contributed by atoms with Crippen LogP contribution in [0, 0.1) is 0 Å². The van der Waals surface area contributed by atoms with Crippen molar-refractivity contribution in [1.29, 1.82) is 0 Å². The Bertz CT molecular complexity index is 776. The Hall–Kier alpha value is -2.61. The van der Waals surface area contributed by atoms with Crippen LogP contribution in [0.1, 0.15) is 22.8 Å². The first kappa shape index (κ1) is 13.4. The Kier molecular flexibility index (Phi) is 3.69. The summed E-state index contributed by atoms with van der Waals surface area (Å²) >= 11 is 0. The maximum atomic E-state index is 11.4. The number of ether oxygens (including phenoxy) is 1. The normalized spacial score (nSPS) is 10.5. The molecule has 0 aliphatic heterocycles. The van der Waals surface area contributed by atoms with Gasteiger partial charge in [-0.1, -0.05) is 48.5 Å². The number of hydrogen-bond donors (Lipinski definition) is 0. The molecule has 0 aromatic heterocycles. The summed E-state index contributed by atoms with van der Waals surface area (Å²) in [7, 11) is 0. The summed E-state index contributed by atoms with van der Waals surface area (Å²) in [6.07, 6.45) is 0. The summed E-state index contributed by atoms with van der Waals surface area (Å²) < 4.78 is 5.81. The van der Waals surface area contributed by atoms with Gasteiger partial charge in [0.05, 0.1) is 0 Å². The first-order valence-corrected chi connectivity index (χ1v) is 6.94. The molecular weight excluding hydrogens is 260 g/mol. The van der Waals surface area contributed by atoms with E-state index in [1.165, 1.54) is 0 Å². The molecule has 0 unspecified atom stereocenters. The van der Waals surface area contributed by atoms with Crippen LogP contribution in [0.25, 0.3) is 10.8 Å². The number of carbonyl (C=O) groups is 1. The summed E-state index contributed by atoms with van der Waals surface area (Å²) in [5, 5.41) is 2.13. The fraction of sp³-hybridized carbons (Fsp3) is 0.105. The number of rotatable bonds is 4. The lowest BCUT2D eigenvalue weighted by molar-refractivity contribution is 0.101. The Morgan fingerprint density at radius 1 is 0.905 bits per heavy atom. The summed E-state index contributed by atoms with van der Waals surface area (Å²) in [6, 6.07) is 21.7. The molecule has 21 heavy (non-hydrogen) atoms. The Labute approximate surface area is 124 Å². The van der Waals surface area contributed by atoms with Gasteiger partial charge < -0.3 is 4.74 Å². The highest BCUT2D eigenvalue weighted by molar-refractivity contribution is 5.98. The maximum Gasteiger partial charge on any atom is 0.159 e. The van der Waals surface area contributed by atoms with Gasteiger partial charge in [0, 0.05) is 5.56 Å². The van der Waals surface area contributed by atoms with Crippen molar-refractivity contribution in [2.24, 2.45) is 0 Å². The van der Waals surface area contributed by atoms with Gasteiger partial charge in [0.15, 0.2) is 5.78 Å². The van der Waals surface area contributed by atoms with Gasteiger partial charge in [-0.05, 0) is 41.5 Å². The Balaban J connectivity index is 1.81. The van der Waals surface area contributed by atoms with Gasteiger partial charge in [0.25, 0.3) is 0 Å². The van der Waals surface area contributed by atoms with E-state index >= 15 is 0 Å². The molecule has 0 fully saturated rings. The molecule has 0 heterocycles. The van der Waals surface area contributed by atoms with Crippen molar-refractivity contribution in [3.05, 3.63) is 77.9 Å². The van der Waals surface area contributed by atoms with E-state index in [0.29, 0.717) is 6.61 Å². The SMILES string of the molecule is CC(=O)c1ccc2cc(OCc3ccccc3)ccc2c1. The van der Waals surface area contributed by atoms with E-state index in [0.717, 1.165) is 27.6 Å². The molecule has 0 aliphatic carbocycles. The zero-order valence-corrected chi connectivity index (χ0v) is 11.9. The third-order valence-corrected chi connectivity index (χ3v) is 3.47. The molecule has 0 N–H and O–H groups in total. The van der Waals surface area contributed by atoms with Crippen LogP contribution < -0.4 is 4.74 Å². The molecule has 2 heteroatoms. The van der Waals surface area contributed by atoms with Crippen molar-refractivity contribution < 1.29 is 9.53 Å². The van der Waals surface area contributed by atoms with Crippen molar-refractivity contribution in [3.63, 3.8) is 0 Å². The lowest BCUT2D eigenvalue weighted by atomic mass is 10.0. The standard InChI is InChI=1S/C19H16O2/c1-14(20)16-7-8-18-12-19(10-9-17(18)11-16)21-13-15-5-3-2-4-6-15/h2-12H,13H2,1H3. The Morgan fingerprint density at radius 3 is 2.38 bits per heavy atom. The molecule has 3 aromatic rings. The van der Waals surface area contributed by atoms with Gasteiger partial charge in [0.1, 0.15) is 12.4 Å². The van der Waals surface area contributed by atoms with Crippen molar-refractivity contribution in [1.82, 2.24) is 0 Å². The van der Waals surface area contributed by atoms with Crippen molar-refractivity contribution in [3.8, 4) is 5.75 Å². The summed E-state index contributed by atoms with van der Waals surface area (Å²) in [5.74, 6) is 0.920. The highest BCUT2D eigenvalue weighted by Crippen LogP contribution is 2.23. The molecule has 0 saturated heterocycles. The van der Waals surface area contributed by atoms with Crippen molar-refractivity contribution >= 4 is 16.6 Å². The maximum absolute atomic E-state index is 11.4. The number of carbonyl (C=O) groups excluding carboxylic acids is 1. The van der Waals surface area contributed by atoms with Crippen LogP contribution in [-0.4, -0.2) is 5.78 Å². The van der Waals surface area contributed by atoms with E-state index in [1.54, 1.807) is 6.92 Å². The lowest BCUT2D eigenvalue weighted by Crippen LogP contribution is -1.95. The number of benzene rings is 3. The third-order valence-electron chi connectivity index (χ3n) is 3.47. The molecule has 3 aromatic carbocycles. The summed E-state index contributed by atoms with van der Waals surface area (Å²) in [5.41, 5.74) is 1.88. The average molecular weight is 276 g/mol. The fourth-order valence-corrected chi connectivity index (χ4v) is 2.27. The first-order chi connectivity index (χ1) is 10.2. The second-order valence-electron chi connectivity index (χ2n) is 5.05. The van der Waals surface area contributed by atoms with Crippen LogP contribution in [0.5, 0.6) is 5.75 Å². The number of hydrogen-bond acceptors (Lipinski definition) is 2. The van der Waals surface area contributed by atoms with Crippen LogP contribution >= 0.6 is 0 Å². The van der Waals surface area contributed by atoms with E-state index in [9.17, 15) is 4.79 Å². The van der Waals surface area contributed by atoms with E-state index in [4.69, 9.17) is 4.74 Å². The molecular formula is C19H16O2. The largest absolute Gasteiger partial charge is 0.489 e. The molecule has 0 radical (unpaired) electrons. The highest BCUT2D eigenvalue weighted by Gasteiger charge is 2.02. The zero-order valence-electron chi connectivity index (χ0n) is 11.9. The van der Waals surface area contributed by atoms with Gasteiger partial charge >= 0.3 is 0 Å². The fourth-order valence-electron chi connectivity index (χ4n) is 2.27. The molecule has 0 amide bonds. The van der Waals surface area contributed by atoms with Crippen LogP contribution in [-0.2, 0) is 6.61 Å². The average Bonchev–Trinajstić information content (AvgIpc) is 2.53. The number of ketones is 1. The van der Waals surface area contributed by atoms with E-state index < -0.39 is 0 Å². The topological polar surface area (TPSA) is 26.3 Å². The number of fused-ring (bicyclic) bond motifs is 1. The predicted molar refractivity (Wildman–Crippen MR) is 84.7 cm³/mol. The van der Waals surface area contributed by atoms with Crippen LogP contribution in [0.2, 0.25) is 0 Å². The molecule has 0 aliphatic rings. The van der Waals surface area contributed by atoms with Crippen LogP contribution in [0.15, 0.2) is 66.7 Å². The Morgan fingerprint density at radius 2 is 1.62 bits per heavy atom. The first-order valence-electron chi connectivity index (χ1n) is 6.94. The highest BCUT2D eigenvalue weighted by atomic mass is 16.5. The van der Waals surface area contributed by atoms with Crippen LogP contribution in [0.4, 0.5) is 0 Å². The van der Waals surface area contributed by atoms with Gasteiger partial charge in [0.2, 0.25) is 0 Å². The van der Waals surface area contributed by atoms with E-state index in [2.05, 4.69) is 0 Å². The van der Waals surface area contributed by atoms with E-state index in [1.807, 2.05) is 66.7 Å². The third kappa shape index (κ3) is 3.11. The van der Waals surface area contributed by atoms with Crippen molar-refractivity contribution in [2.75, 3.05) is 0 Å². The summed E-state index contributed by atoms with van der Waals surface area (Å²) in [6.45, 7) is 2.14. The quantitative estimate of drug-likeness (QED) is 0.650. The lowest BCUT2D eigenvalue weighted by Gasteiger charge is -2.08. The van der Waals surface area contributed by atoms with Crippen molar-refractivity contribution in [2.45, 2.75) is 13.5 Å². The molecule has 0 bridgehead atoms. The number of Topliss-reactive ketones (excluding diaryl/α,β-unsaturated/α-hetero) is 1. The minimum Gasteiger partial charge on any atom is -0.489 e.